The Bertz CT molecular complexity index is 248. The zero-order valence-electron chi connectivity index (χ0n) is 11.5. The predicted octanol–water partition coefficient (Wildman–Crippen LogP) is 0.232. The number of hydrogen-bond acceptors (Lipinski definition) is 4. The van der Waals surface area contributed by atoms with Crippen molar-refractivity contribution in [3.05, 3.63) is 0 Å². The van der Waals surface area contributed by atoms with Crippen molar-refractivity contribution in [1.29, 1.82) is 0 Å². The van der Waals surface area contributed by atoms with E-state index in [0.29, 0.717) is 32.2 Å². The Kier molecular flexibility index (Phi) is 7.23. The van der Waals surface area contributed by atoms with E-state index in [0.717, 1.165) is 19.4 Å². The summed E-state index contributed by atoms with van der Waals surface area (Å²) < 4.78 is 5.21. The minimum absolute atomic E-state index is 0.0295. The Morgan fingerprint density at radius 2 is 2.28 bits per heavy atom. The van der Waals surface area contributed by atoms with E-state index in [9.17, 15) is 4.79 Å². The van der Waals surface area contributed by atoms with Crippen molar-refractivity contribution < 1.29 is 14.6 Å². The van der Waals surface area contributed by atoms with Crippen LogP contribution < -0.4 is 5.32 Å². The molecule has 1 aliphatic heterocycles. The summed E-state index contributed by atoms with van der Waals surface area (Å²) in [4.78, 5) is 14.1. The molecule has 0 bridgehead atoms. The number of hydrogen-bond donors (Lipinski definition) is 2. The number of ether oxygens (including phenoxy) is 1. The number of nitrogens with zero attached hydrogens (tertiary/aromatic N) is 1. The number of aliphatic hydroxyl groups is 1. The van der Waals surface area contributed by atoms with Crippen LogP contribution in [0, 0.1) is 5.92 Å². The molecule has 1 saturated heterocycles. The number of rotatable bonds is 7. The molecule has 0 aromatic rings. The molecule has 0 aromatic carbocycles. The van der Waals surface area contributed by atoms with Crippen LogP contribution in [-0.4, -0.2) is 61.4 Å². The first kappa shape index (κ1) is 15.4. The number of nitrogens with one attached hydrogen (secondary N) is 1. The molecule has 18 heavy (non-hydrogen) atoms. The maximum absolute atomic E-state index is 12.3. The van der Waals surface area contributed by atoms with Crippen molar-refractivity contribution in [1.82, 2.24) is 10.2 Å². The summed E-state index contributed by atoms with van der Waals surface area (Å²) >= 11 is 0. The molecule has 106 valence electrons. The number of likely N-dealkylation sites (N-methyl/N-ethyl adjacent to an activating group) is 1. The highest BCUT2D eigenvalue weighted by atomic mass is 16.5. The van der Waals surface area contributed by atoms with Crippen LogP contribution in [0.4, 0.5) is 0 Å². The molecule has 0 aliphatic carbocycles. The SMILES string of the molecule is CCN(CCOCCO)C(=O)C1CC(C)CCN1. The Labute approximate surface area is 109 Å². The summed E-state index contributed by atoms with van der Waals surface area (Å²) in [5.74, 6) is 0.793. The van der Waals surface area contributed by atoms with Crippen LogP contribution in [0.3, 0.4) is 0 Å². The molecule has 5 heteroatoms. The minimum atomic E-state index is -0.0356. The van der Waals surface area contributed by atoms with E-state index in [4.69, 9.17) is 9.84 Å². The fraction of sp³-hybridized carbons (Fsp3) is 0.923. The average Bonchev–Trinajstić information content (AvgIpc) is 2.38. The third-order valence-electron chi connectivity index (χ3n) is 3.40. The van der Waals surface area contributed by atoms with Gasteiger partial charge in [0, 0.05) is 13.1 Å². The van der Waals surface area contributed by atoms with Crippen molar-refractivity contribution in [3.8, 4) is 0 Å². The second-order valence-corrected chi connectivity index (χ2v) is 4.89. The summed E-state index contributed by atoms with van der Waals surface area (Å²) in [5, 5.41) is 11.9. The van der Waals surface area contributed by atoms with E-state index in [1.807, 2.05) is 11.8 Å². The van der Waals surface area contributed by atoms with Crippen molar-refractivity contribution >= 4 is 5.91 Å². The van der Waals surface area contributed by atoms with Gasteiger partial charge in [0.1, 0.15) is 0 Å². The fourth-order valence-electron chi connectivity index (χ4n) is 2.28. The van der Waals surface area contributed by atoms with E-state index < -0.39 is 0 Å². The normalized spacial score (nSPS) is 23.9. The van der Waals surface area contributed by atoms with Crippen molar-refractivity contribution in [2.24, 2.45) is 5.92 Å². The molecule has 2 atom stereocenters. The van der Waals surface area contributed by atoms with Crippen molar-refractivity contribution in [2.45, 2.75) is 32.7 Å². The van der Waals surface area contributed by atoms with Gasteiger partial charge < -0.3 is 20.1 Å². The predicted molar refractivity (Wildman–Crippen MR) is 70.3 cm³/mol. The Morgan fingerprint density at radius 1 is 1.50 bits per heavy atom. The Balaban J connectivity index is 2.35. The van der Waals surface area contributed by atoms with Gasteiger partial charge in [0.15, 0.2) is 0 Å². The summed E-state index contributed by atoms with van der Waals surface area (Å²) in [5.41, 5.74) is 0. The molecule has 1 fully saturated rings. The Morgan fingerprint density at radius 3 is 2.89 bits per heavy atom. The second kappa shape index (κ2) is 8.45. The highest BCUT2D eigenvalue weighted by Crippen LogP contribution is 2.16. The number of aliphatic hydroxyl groups excluding tert-OH is 1. The van der Waals surface area contributed by atoms with Gasteiger partial charge >= 0.3 is 0 Å². The van der Waals surface area contributed by atoms with Gasteiger partial charge in [-0.05, 0) is 32.2 Å². The first-order valence-corrected chi connectivity index (χ1v) is 6.89. The zero-order valence-corrected chi connectivity index (χ0v) is 11.5. The molecular weight excluding hydrogens is 232 g/mol. The lowest BCUT2D eigenvalue weighted by Crippen LogP contribution is -2.50. The topological polar surface area (TPSA) is 61.8 Å². The molecular formula is C13H26N2O3. The van der Waals surface area contributed by atoms with Crippen LogP contribution in [0.2, 0.25) is 0 Å². The number of piperidine rings is 1. The summed E-state index contributed by atoms with van der Waals surface area (Å²) in [7, 11) is 0. The lowest BCUT2D eigenvalue weighted by molar-refractivity contribution is -0.135. The molecule has 0 spiro atoms. The van der Waals surface area contributed by atoms with Crippen molar-refractivity contribution in [3.63, 3.8) is 0 Å². The molecule has 1 rings (SSSR count). The van der Waals surface area contributed by atoms with Crippen LogP contribution in [0.5, 0.6) is 0 Å². The van der Waals surface area contributed by atoms with Crippen LogP contribution in [-0.2, 0) is 9.53 Å². The van der Waals surface area contributed by atoms with Gasteiger partial charge in [-0.15, -0.1) is 0 Å². The monoisotopic (exact) mass is 258 g/mol. The second-order valence-electron chi connectivity index (χ2n) is 4.89. The van der Waals surface area contributed by atoms with Gasteiger partial charge in [0.25, 0.3) is 0 Å². The highest BCUT2D eigenvalue weighted by Gasteiger charge is 2.27. The zero-order chi connectivity index (χ0) is 13.4. The number of amides is 1. The smallest absolute Gasteiger partial charge is 0.239 e. The first-order chi connectivity index (χ1) is 8.69. The number of carbonyl (C=O) groups excluding carboxylic acids is 1. The van der Waals surface area contributed by atoms with Crippen LogP contribution in [0.1, 0.15) is 26.7 Å². The van der Waals surface area contributed by atoms with Gasteiger partial charge in [-0.1, -0.05) is 6.92 Å². The fourth-order valence-corrected chi connectivity index (χ4v) is 2.28. The van der Waals surface area contributed by atoms with E-state index in [1.54, 1.807) is 0 Å². The van der Waals surface area contributed by atoms with E-state index in [2.05, 4.69) is 12.2 Å². The van der Waals surface area contributed by atoms with Crippen molar-refractivity contribution in [2.75, 3.05) is 39.5 Å². The maximum atomic E-state index is 12.3. The average molecular weight is 258 g/mol. The van der Waals surface area contributed by atoms with Crippen LogP contribution >= 0.6 is 0 Å². The lowest BCUT2D eigenvalue weighted by Gasteiger charge is -2.31. The van der Waals surface area contributed by atoms with Gasteiger partial charge in [-0.2, -0.15) is 0 Å². The standard InChI is InChI=1S/C13H26N2O3/c1-3-15(6-8-18-9-7-16)13(17)12-10-11(2)4-5-14-12/h11-12,14,16H,3-10H2,1-2H3. The summed E-state index contributed by atoms with van der Waals surface area (Å²) in [6.45, 7) is 7.26. The molecule has 5 nitrogen and oxygen atoms in total. The van der Waals surface area contributed by atoms with E-state index in [-0.39, 0.29) is 18.6 Å². The molecule has 0 aromatic heterocycles. The largest absolute Gasteiger partial charge is 0.394 e. The molecule has 0 radical (unpaired) electrons. The molecule has 0 saturated carbocycles. The molecule has 1 aliphatic rings. The molecule has 1 heterocycles. The van der Waals surface area contributed by atoms with E-state index >= 15 is 0 Å². The first-order valence-electron chi connectivity index (χ1n) is 6.89. The summed E-state index contributed by atoms with van der Waals surface area (Å²) in [6, 6.07) is -0.0356. The highest BCUT2D eigenvalue weighted by molar-refractivity contribution is 5.82. The minimum Gasteiger partial charge on any atom is -0.394 e. The van der Waals surface area contributed by atoms with Gasteiger partial charge in [0.05, 0.1) is 25.9 Å². The lowest BCUT2D eigenvalue weighted by atomic mass is 9.93. The third-order valence-corrected chi connectivity index (χ3v) is 3.40. The van der Waals surface area contributed by atoms with Gasteiger partial charge in [-0.3, -0.25) is 4.79 Å². The Hall–Kier alpha value is -0.650. The molecule has 2 N–H and O–H groups in total. The van der Waals surface area contributed by atoms with Crippen LogP contribution in [0.15, 0.2) is 0 Å². The van der Waals surface area contributed by atoms with Crippen LogP contribution in [0.25, 0.3) is 0 Å². The quantitative estimate of drug-likeness (QED) is 0.642. The molecule has 1 amide bonds. The van der Waals surface area contributed by atoms with Gasteiger partial charge in [0.2, 0.25) is 5.91 Å². The number of carbonyl (C=O) groups is 1. The molecule has 2 unspecified atom stereocenters. The van der Waals surface area contributed by atoms with E-state index in [1.165, 1.54) is 0 Å². The van der Waals surface area contributed by atoms with Gasteiger partial charge in [-0.25, -0.2) is 0 Å². The maximum Gasteiger partial charge on any atom is 0.239 e. The summed E-state index contributed by atoms with van der Waals surface area (Å²) in [6.07, 6.45) is 2.07. The third kappa shape index (κ3) is 4.92.